The first-order chi connectivity index (χ1) is 13.0. The van der Waals surface area contributed by atoms with E-state index in [0.29, 0.717) is 5.82 Å². The molecule has 27 heavy (non-hydrogen) atoms. The number of hydrogen-bond acceptors (Lipinski definition) is 4. The predicted molar refractivity (Wildman–Crippen MR) is 105 cm³/mol. The van der Waals surface area contributed by atoms with Crippen LogP contribution in [0.5, 0.6) is 0 Å². The molecule has 2 rings (SSSR count). The van der Waals surface area contributed by atoms with Crippen molar-refractivity contribution in [2.45, 2.75) is 57.9 Å². The zero-order valence-electron chi connectivity index (χ0n) is 16.0. The molecule has 1 aliphatic rings. The van der Waals surface area contributed by atoms with Gasteiger partial charge in [-0.25, -0.2) is 14.9 Å². The number of carbonyl (C=O) groups excluding carboxylic acids is 1. The van der Waals surface area contributed by atoms with E-state index in [1.54, 1.807) is 30.6 Å². The quantitative estimate of drug-likeness (QED) is 0.288. The summed E-state index contributed by atoms with van der Waals surface area (Å²) in [6.07, 6.45) is 10.7. The summed E-state index contributed by atoms with van der Waals surface area (Å²) in [4.78, 5) is 16.1. The molecule has 0 saturated heterocycles. The van der Waals surface area contributed by atoms with Crippen molar-refractivity contribution in [1.82, 2.24) is 10.8 Å². The van der Waals surface area contributed by atoms with Crippen LogP contribution in [0.4, 0.5) is 4.39 Å². The van der Waals surface area contributed by atoms with Gasteiger partial charge in [0.15, 0.2) is 0 Å². The lowest BCUT2D eigenvalue weighted by atomic mass is 9.76. The molecule has 146 valence electrons. The number of rotatable bonds is 7. The van der Waals surface area contributed by atoms with Gasteiger partial charge >= 0.3 is 0 Å². The summed E-state index contributed by atoms with van der Waals surface area (Å²) in [5.41, 5.74) is 2.40. The molecule has 0 unspecified atom stereocenters. The second-order valence-electron chi connectivity index (χ2n) is 6.72. The van der Waals surface area contributed by atoms with E-state index in [4.69, 9.17) is 5.21 Å². The van der Waals surface area contributed by atoms with E-state index in [0.717, 1.165) is 44.1 Å². The molecule has 1 amide bonds. The van der Waals surface area contributed by atoms with Crippen LogP contribution in [-0.2, 0) is 10.3 Å². The van der Waals surface area contributed by atoms with Crippen LogP contribution < -0.4 is 10.8 Å². The Morgan fingerprint density at radius 3 is 2.67 bits per heavy atom. The third kappa shape index (κ3) is 5.50. The smallest absolute Gasteiger partial charge is 0.275 e. The Morgan fingerprint density at radius 2 is 2.07 bits per heavy atom. The third-order valence-electron chi connectivity index (χ3n) is 4.87. The van der Waals surface area contributed by atoms with Crippen LogP contribution in [0.2, 0.25) is 0 Å². The number of aliphatic imine (C=N–C) groups is 1. The van der Waals surface area contributed by atoms with Crippen LogP contribution >= 0.6 is 0 Å². The fraction of sp³-hybridized carbons (Fsp3) is 0.429. The fourth-order valence-corrected chi connectivity index (χ4v) is 3.47. The Morgan fingerprint density at radius 1 is 1.33 bits per heavy atom. The normalized spacial score (nSPS) is 17.8. The molecule has 1 fully saturated rings. The second-order valence-corrected chi connectivity index (χ2v) is 6.72. The minimum atomic E-state index is -0.616. The molecule has 0 aromatic heterocycles. The molecule has 1 aromatic rings. The van der Waals surface area contributed by atoms with Crippen molar-refractivity contribution in [3.05, 3.63) is 59.2 Å². The van der Waals surface area contributed by atoms with E-state index in [1.165, 1.54) is 12.3 Å². The average Bonchev–Trinajstić information content (AvgIpc) is 2.69. The Bertz CT molecular complexity index is 735. The van der Waals surface area contributed by atoms with Gasteiger partial charge in [-0.2, -0.15) is 0 Å². The number of nitrogens with one attached hydrogen (secondary N) is 2. The molecule has 1 saturated carbocycles. The van der Waals surface area contributed by atoms with E-state index >= 15 is 0 Å². The Hall–Kier alpha value is -2.47. The summed E-state index contributed by atoms with van der Waals surface area (Å²) in [6.45, 7) is 3.70. The van der Waals surface area contributed by atoms with E-state index < -0.39 is 5.91 Å². The van der Waals surface area contributed by atoms with Gasteiger partial charge in [-0.3, -0.25) is 10.0 Å². The van der Waals surface area contributed by atoms with Gasteiger partial charge < -0.3 is 5.32 Å². The number of carbonyl (C=O) groups is 1. The zero-order valence-corrected chi connectivity index (χ0v) is 16.0. The zero-order chi connectivity index (χ0) is 19.7. The highest BCUT2D eigenvalue weighted by molar-refractivity contribution is 6.11. The molecular formula is C21H28FN3O2. The van der Waals surface area contributed by atoms with Crippen molar-refractivity contribution in [3.63, 3.8) is 0 Å². The van der Waals surface area contributed by atoms with Crippen molar-refractivity contribution < 1.29 is 14.4 Å². The van der Waals surface area contributed by atoms with Crippen molar-refractivity contribution in [3.8, 4) is 0 Å². The Balaban J connectivity index is 2.33. The number of allylic oxidation sites excluding steroid dienone is 2. The summed E-state index contributed by atoms with van der Waals surface area (Å²) < 4.78 is 13.9. The van der Waals surface area contributed by atoms with Gasteiger partial charge in [0.1, 0.15) is 11.6 Å². The minimum absolute atomic E-state index is 0.250. The maximum Gasteiger partial charge on any atom is 0.275 e. The highest BCUT2D eigenvalue weighted by atomic mass is 19.1. The van der Waals surface area contributed by atoms with Crippen LogP contribution in [0.15, 0.2) is 52.8 Å². The number of halogens is 1. The molecule has 3 N–H and O–H groups in total. The lowest BCUT2D eigenvalue weighted by Crippen LogP contribution is -2.43. The standard InChI is InChI=1S/C21H28FN3O2/c1-3-9-19(23-15-16(4-2)20(26)25-27)24-21(12-6-5-7-13-21)17-10-8-11-18(22)14-17/h4,8-11,14-15,24,27H,3,5-7,12-13H2,1-2H3,(H,25,26)/b16-4+,19-9-,23-15-. The van der Waals surface area contributed by atoms with E-state index in [-0.39, 0.29) is 16.9 Å². The van der Waals surface area contributed by atoms with Gasteiger partial charge in [0.2, 0.25) is 0 Å². The molecular weight excluding hydrogens is 345 g/mol. The predicted octanol–water partition coefficient (Wildman–Crippen LogP) is 4.35. The van der Waals surface area contributed by atoms with Crippen LogP contribution in [0, 0.1) is 5.82 Å². The first-order valence-electron chi connectivity index (χ1n) is 9.44. The molecule has 5 nitrogen and oxygen atoms in total. The first-order valence-corrected chi connectivity index (χ1v) is 9.44. The van der Waals surface area contributed by atoms with E-state index in [1.807, 2.05) is 19.1 Å². The fourth-order valence-electron chi connectivity index (χ4n) is 3.47. The largest absolute Gasteiger partial charge is 0.361 e. The Labute approximate surface area is 160 Å². The number of benzene rings is 1. The van der Waals surface area contributed by atoms with Crippen LogP contribution in [0.3, 0.4) is 0 Å². The lowest BCUT2D eigenvalue weighted by molar-refractivity contribution is -0.124. The summed E-state index contributed by atoms with van der Waals surface area (Å²) >= 11 is 0. The van der Waals surface area contributed by atoms with Crippen molar-refractivity contribution in [2.24, 2.45) is 4.99 Å². The summed E-state index contributed by atoms with van der Waals surface area (Å²) in [5, 5.41) is 12.3. The molecule has 0 atom stereocenters. The summed E-state index contributed by atoms with van der Waals surface area (Å²) in [5.74, 6) is -0.233. The minimum Gasteiger partial charge on any atom is -0.361 e. The number of hydrogen-bond donors (Lipinski definition) is 3. The highest BCUT2D eigenvalue weighted by Crippen LogP contribution is 2.38. The van der Waals surface area contributed by atoms with Gasteiger partial charge in [0, 0.05) is 6.21 Å². The maximum atomic E-state index is 13.9. The number of hydroxylamine groups is 1. The SMILES string of the molecule is C\C=C(/C=N\C(=C\CC)NC1(c2cccc(F)c2)CCCCC1)C(=O)NO. The molecule has 1 aromatic carbocycles. The van der Waals surface area contributed by atoms with Crippen LogP contribution in [-0.4, -0.2) is 17.3 Å². The van der Waals surface area contributed by atoms with Crippen LogP contribution in [0.1, 0.15) is 57.9 Å². The first kappa shape index (κ1) is 20.8. The molecule has 0 bridgehead atoms. The van der Waals surface area contributed by atoms with Gasteiger partial charge in [-0.1, -0.05) is 44.4 Å². The van der Waals surface area contributed by atoms with Crippen molar-refractivity contribution >= 4 is 12.1 Å². The highest BCUT2D eigenvalue weighted by Gasteiger charge is 2.34. The third-order valence-corrected chi connectivity index (χ3v) is 4.87. The summed E-state index contributed by atoms with van der Waals surface area (Å²) in [6, 6.07) is 6.72. The van der Waals surface area contributed by atoms with Crippen LogP contribution in [0.25, 0.3) is 0 Å². The van der Waals surface area contributed by atoms with Gasteiger partial charge in [-0.05, 0) is 50.0 Å². The van der Waals surface area contributed by atoms with E-state index in [2.05, 4.69) is 10.3 Å². The number of amides is 1. The van der Waals surface area contributed by atoms with Crippen molar-refractivity contribution in [2.75, 3.05) is 0 Å². The molecule has 0 aliphatic heterocycles. The molecule has 6 heteroatoms. The van der Waals surface area contributed by atoms with E-state index in [9.17, 15) is 9.18 Å². The van der Waals surface area contributed by atoms with Gasteiger partial charge in [0.05, 0.1) is 11.1 Å². The number of nitrogens with zero attached hydrogens (tertiary/aromatic N) is 1. The average molecular weight is 373 g/mol. The second kappa shape index (κ2) is 10.0. The van der Waals surface area contributed by atoms with Gasteiger partial charge in [0.25, 0.3) is 5.91 Å². The Kier molecular flexibility index (Phi) is 7.73. The monoisotopic (exact) mass is 373 g/mol. The maximum absolute atomic E-state index is 13.9. The van der Waals surface area contributed by atoms with Gasteiger partial charge in [-0.15, -0.1) is 0 Å². The molecule has 0 spiro atoms. The molecule has 1 aliphatic carbocycles. The summed E-state index contributed by atoms with van der Waals surface area (Å²) in [7, 11) is 0. The molecule has 0 radical (unpaired) electrons. The van der Waals surface area contributed by atoms with Crippen molar-refractivity contribution in [1.29, 1.82) is 0 Å². The molecule has 0 heterocycles. The lowest BCUT2D eigenvalue weighted by Gasteiger charge is -2.39. The topological polar surface area (TPSA) is 73.7 Å².